The molecule has 144 valence electrons. The van der Waals surface area contributed by atoms with Gasteiger partial charge in [-0.1, -0.05) is 67.1 Å². The Morgan fingerprint density at radius 3 is 2.04 bits per heavy atom. The van der Waals surface area contributed by atoms with Gasteiger partial charge in [0.1, 0.15) is 5.78 Å². The third-order valence-electron chi connectivity index (χ3n) is 6.01. The molecule has 0 spiro atoms. The predicted octanol–water partition coefficient (Wildman–Crippen LogP) is 4.55. The zero-order valence-corrected chi connectivity index (χ0v) is 15.8. The van der Waals surface area contributed by atoms with Gasteiger partial charge in [-0.25, -0.2) is 0 Å². The Kier molecular flexibility index (Phi) is 5.38. The van der Waals surface area contributed by atoms with E-state index < -0.39 is 6.10 Å². The van der Waals surface area contributed by atoms with E-state index in [0.29, 0.717) is 29.8 Å². The molecule has 2 aliphatic carbocycles. The van der Waals surface area contributed by atoms with Crippen LogP contribution < -0.4 is 0 Å². The zero-order chi connectivity index (χ0) is 19.5. The summed E-state index contributed by atoms with van der Waals surface area (Å²) >= 11 is 0. The van der Waals surface area contributed by atoms with Crippen LogP contribution in [0.25, 0.3) is 0 Å². The Morgan fingerprint density at radius 2 is 1.43 bits per heavy atom. The molecule has 4 heteroatoms. The van der Waals surface area contributed by atoms with Crippen molar-refractivity contribution in [2.75, 3.05) is 0 Å². The molecule has 4 rings (SSSR count). The van der Waals surface area contributed by atoms with E-state index in [0.717, 1.165) is 19.3 Å². The Balaban J connectivity index is 1.55. The van der Waals surface area contributed by atoms with Crippen LogP contribution in [-0.2, 0) is 14.3 Å². The lowest BCUT2D eigenvalue weighted by atomic mass is 9.67. The number of benzene rings is 2. The highest BCUT2D eigenvalue weighted by Gasteiger charge is 2.42. The lowest BCUT2D eigenvalue weighted by molar-refractivity contribution is -0.156. The van der Waals surface area contributed by atoms with Crippen LogP contribution in [-0.4, -0.2) is 17.5 Å². The van der Waals surface area contributed by atoms with E-state index in [1.807, 2.05) is 24.3 Å². The number of hydrogen-bond donors (Lipinski definition) is 0. The first-order chi connectivity index (χ1) is 13.6. The van der Waals surface area contributed by atoms with Gasteiger partial charge >= 0.3 is 5.97 Å². The second-order valence-corrected chi connectivity index (χ2v) is 7.85. The Bertz CT molecular complexity index is 843. The first-order valence-corrected chi connectivity index (χ1v) is 10.0. The molecule has 3 atom stereocenters. The van der Waals surface area contributed by atoms with Gasteiger partial charge in [-0.2, -0.15) is 0 Å². The van der Waals surface area contributed by atoms with Crippen molar-refractivity contribution in [3.05, 3.63) is 71.8 Å². The normalized spacial score (nSPS) is 25.0. The van der Waals surface area contributed by atoms with Crippen molar-refractivity contribution >= 4 is 17.5 Å². The van der Waals surface area contributed by atoms with E-state index in [2.05, 4.69) is 0 Å². The second kappa shape index (κ2) is 8.09. The van der Waals surface area contributed by atoms with Crippen LogP contribution in [0.1, 0.15) is 54.1 Å². The highest BCUT2D eigenvalue weighted by atomic mass is 16.5. The molecule has 2 aromatic rings. The topological polar surface area (TPSA) is 60.4 Å². The summed E-state index contributed by atoms with van der Waals surface area (Å²) in [6, 6.07) is 18.0. The van der Waals surface area contributed by atoms with Gasteiger partial charge < -0.3 is 4.74 Å². The predicted molar refractivity (Wildman–Crippen MR) is 105 cm³/mol. The summed E-state index contributed by atoms with van der Waals surface area (Å²) in [4.78, 5) is 38.4. The minimum atomic E-state index is -0.964. The maximum atomic E-state index is 13.1. The van der Waals surface area contributed by atoms with Crippen molar-refractivity contribution in [3.63, 3.8) is 0 Å². The summed E-state index contributed by atoms with van der Waals surface area (Å²) in [5, 5.41) is 0. The van der Waals surface area contributed by atoms with E-state index in [1.54, 1.807) is 36.4 Å². The van der Waals surface area contributed by atoms with Gasteiger partial charge in [-0.15, -0.1) is 0 Å². The van der Waals surface area contributed by atoms with Crippen molar-refractivity contribution in [2.24, 2.45) is 17.8 Å². The minimum absolute atomic E-state index is 0.0231. The van der Waals surface area contributed by atoms with E-state index >= 15 is 0 Å². The zero-order valence-electron chi connectivity index (χ0n) is 15.8. The number of carbonyl (C=O) groups excluding carboxylic acids is 3. The van der Waals surface area contributed by atoms with Gasteiger partial charge in [-0.3, -0.25) is 14.4 Å². The van der Waals surface area contributed by atoms with E-state index in [-0.39, 0.29) is 29.5 Å². The maximum Gasteiger partial charge on any atom is 0.310 e. The quantitative estimate of drug-likeness (QED) is 0.567. The van der Waals surface area contributed by atoms with Crippen molar-refractivity contribution in [2.45, 2.75) is 38.2 Å². The van der Waals surface area contributed by atoms with Crippen LogP contribution in [0.15, 0.2) is 60.7 Å². The molecular formula is C24H24O4. The van der Waals surface area contributed by atoms with E-state index in [9.17, 15) is 14.4 Å². The summed E-state index contributed by atoms with van der Waals surface area (Å²) < 4.78 is 5.79. The SMILES string of the molecule is O=C(OC(C(=O)c1ccccc1)c1ccccc1)C1CC2CCCC(C1)C2=O. The molecule has 0 aromatic heterocycles. The number of fused-ring (bicyclic) bond motifs is 2. The molecule has 4 nitrogen and oxygen atoms in total. The number of carbonyl (C=O) groups is 3. The number of esters is 1. The fourth-order valence-corrected chi connectivity index (χ4v) is 4.54. The van der Waals surface area contributed by atoms with Crippen LogP contribution in [0.3, 0.4) is 0 Å². The van der Waals surface area contributed by atoms with Crippen molar-refractivity contribution in [1.29, 1.82) is 0 Å². The average Bonchev–Trinajstić information content (AvgIpc) is 2.72. The number of hydrogen-bond acceptors (Lipinski definition) is 4. The van der Waals surface area contributed by atoms with Gasteiger partial charge in [0.25, 0.3) is 0 Å². The molecule has 0 aliphatic heterocycles. The lowest BCUT2D eigenvalue weighted by Gasteiger charge is -2.36. The minimum Gasteiger partial charge on any atom is -0.449 e. The molecule has 2 fully saturated rings. The van der Waals surface area contributed by atoms with E-state index in [1.165, 1.54) is 0 Å². The summed E-state index contributed by atoms with van der Waals surface area (Å²) in [5.41, 5.74) is 1.18. The number of ketones is 2. The van der Waals surface area contributed by atoms with Crippen LogP contribution in [0.5, 0.6) is 0 Å². The molecule has 3 unspecified atom stereocenters. The third-order valence-corrected chi connectivity index (χ3v) is 6.01. The number of ether oxygens (including phenoxy) is 1. The monoisotopic (exact) mass is 376 g/mol. The maximum absolute atomic E-state index is 13.1. The first-order valence-electron chi connectivity index (χ1n) is 10.0. The van der Waals surface area contributed by atoms with Gasteiger partial charge in [0.2, 0.25) is 5.78 Å². The highest BCUT2D eigenvalue weighted by Crippen LogP contribution is 2.41. The highest BCUT2D eigenvalue weighted by molar-refractivity contribution is 6.01. The van der Waals surface area contributed by atoms with Crippen molar-refractivity contribution in [1.82, 2.24) is 0 Å². The van der Waals surface area contributed by atoms with Crippen LogP contribution >= 0.6 is 0 Å². The molecule has 0 amide bonds. The summed E-state index contributed by atoms with van der Waals surface area (Å²) in [6.45, 7) is 0. The van der Waals surface area contributed by atoms with E-state index in [4.69, 9.17) is 4.74 Å². The Hall–Kier alpha value is -2.75. The van der Waals surface area contributed by atoms with Crippen LogP contribution in [0, 0.1) is 17.8 Å². The van der Waals surface area contributed by atoms with Gasteiger partial charge in [-0.05, 0) is 25.7 Å². The molecule has 0 radical (unpaired) electrons. The van der Waals surface area contributed by atoms with Crippen molar-refractivity contribution in [3.8, 4) is 0 Å². The van der Waals surface area contributed by atoms with Gasteiger partial charge in [0.15, 0.2) is 6.10 Å². The Labute approximate surface area is 164 Å². The molecule has 2 saturated carbocycles. The average molecular weight is 376 g/mol. The summed E-state index contributed by atoms with van der Waals surface area (Å²) in [5.74, 6) is -0.622. The smallest absolute Gasteiger partial charge is 0.310 e. The fourth-order valence-electron chi connectivity index (χ4n) is 4.54. The fraction of sp³-hybridized carbons (Fsp3) is 0.375. The Morgan fingerprint density at radius 1 is 0.857 bits per heavy atom. The number of rotatable bonds is 5. The van der Waals surface area contributed by atoms with Gasteiger partial charge in [0.05, 0.1) is 5.92 Å². The summed E-state index contributed by atoms with van der Waals surface area (Å²) in [7, 11) is 0. The molecule has 2 aromatic carbocycles. The molecule has 2 bridgehead atoms. The molecule has 0 heterocycles. The number of Topliss-reactive ketones (excluding diaryl/α,β-unsaturated/α-hetero) is 2. The lowest BCUT2D eigenvalue weighted by Crippen LogP contribution is -2.40. The molecule has 0 saturated heterocycles. The molecule has 2 aliphatic rings. The third kappa shape index (κ3) is 3.77. The first kappa shape index (κ1) is 18.6. The standard InChI is InChI=1S/C24H24O4/c25-21-18-12-7-13-19(21)15-20(14-18)24(27)28-23(17-10-5-2-6-11-17)22(26)16-8-3-1-4-9-16/h1-6,8-11,18-20,23H,7,12-15H2. The molecule has 0 N–H and O–H groups in total. The van der Waals surface area contributed by atoms with Crippen LogP contribution in [0.4, 0.5) is 0 Å². The second-order valence-electron chi connectivity index (χ2n) is 7.85. The van der Waals surface area contributed by atoms with Crippen molar-refractivity contribution < 1.29 is 19.1 Å². The summed E-state index contributed by atoms with van der Waals surface area (Å²) in [6.07, 6.45) is 2.93. The largest absolute Gasteiger partial charge is 0.449 e. The van der Waals surface area contributed by atoms with Crippen LogP contribution in [0.2, 0.25) is 0 Å². The molecular weight excluding hydrogens is 352 g/mol. The van der Waals surface area contributed by atoms with Gasteiger partial charge in [0, 0.05) is 23.0 Å². The molecule has 28 heavy (non-hydrogen) atoms.